The highest BCUT2D eigenvalue weighted by Gasteiger charge is 2.15. The van der Waals surface area contributed by atoms with E-state index in [4.69, 9.17) is 5.73 Å². The quantitative estimate of drug-likeness (QED) is 0.798. The van der Waals surface area contributed by atoms with Crippen LogP contribution in [0.15, 0.2) is 30.3 Å². The highest BCUT2D eigenvalue weighted by Crippen LogP contribution is 2.19. The van der Waals surface area contributed by atoms with Crippen LogP contribution in [-0.4, -0.2) is 25.0 Å². The molecule has 0 aliphatic heterocycles. The normalized spacial score (nSPS) is 15.1. The molecule has 2 heteroatoms. The van der Waals surface area contributed by atoms with Crippen LogP contribution in [0.4, 0.5) is 0 Å². The third kappa shape index (κ3) is 3.95. The van der Waals surface area contributed by atoms with Crippen LogP contribution >= 0.6 is 0 Å². The summed E-state index contributed by atoms with van der Waals surface area (Å²) >= 11 is 0. The fourth-order valence-electron chi connectivity index (χ4n) is 2.08. The SMILES string of the molecule is CCCN(C)CC(C)C(N)c1ccccc1. The largest absolute Gasteiger partial charge is 0.324 e. The van der Waals surface area contributed by atoms with Gasteiger partial charge in [-0.2, -0.15) is 0 Å². The van der Waals surface area contributed by atoms with E-state index in [1.54, 1.807) is 0 Å². The lowest BCUT2D eigenvalue weighted by Gasteiger charge is -2.25. The van der Waals surface area contributed by atoms with E-state index in [1.165, 1.54) is 12.0 Å². The van der Waals surface area contributed by atoms with Gasteiger partial charge in [-0.05, 0) is 31.5 Å². The fraction of sp³-hybridized carbons (Fsp3) is 0.571. The Balaban J connectivity index is 2.51. The van der Waals surface area contributed by atoms with Gasteiger partial charge in [-0.25, -0.2) is 0 Å². The summed E-state index contributed by atoms with van der Waals surface area (Å²) in [6, 6.07) is 10.5. The van der Waals surface area contributed by atoms with E-state index in [1.807, 2.05) is 6.07 Å². The molecule has 0 amide bonds. The average Bonchev–Trinajstić information content (AvgIpc) is 2.29. The summed E-state index contributed by atoms with van der Waals surface area (Å²) in [4.78, 5) is 2.35. The fourth-order valence-corrected chi connectivity index (χ4v) is 2.08. The van der Waals surface area contributed by atoms with Crippen LogP contribution in [0, 0.1) is 5.92 Å². The molecular formula is C14H24N2. The van der Waals surface area contributed by atoms with E-state index in [0.29, 0.717) is 5.92 Å². The van der Waals surface area contributed by atoms with Crippen molar-refractivity contribution in [1.82, 2.24) is 4.90 Å². The molecule has 1 aromatic carbocycles. The zero-order valence-electron chi connectivity index (χ0n) is 10.7. The van der Waals surface area contributed by atoms with Crippen LogP contribution in [0.25, 0.3) is 0 Å². The molecule has 1 aromatic rings. The first-order valence-electron chi connectivity index (χ1n) is 6.14. The summed E-state index contributed by atoms with van der Waals surface area (Å²) in [5.74, 6) is 0.485. The number of nitrogens with two attached hydrogens (primary N) is 1. The minimum absolute atomic E-state index is 0.139. The van der Waals surface area contributed by atoms with Crippen molar-refractivity contribution in [3.8, 4) is 0 Å². The van der Waals surface area contributed by atoms with Gasteiger partial charge in [0, 0.05) is 12.6 Å². The van der Waals surface area contributed by atoms with E-state index < -0.39 is 0 Å². The average molecular weight is 220 g/mol. The van der Waals surface area contributed by atoms with E-state index in [2.05, 4.69) is 50.1 Å². The molecule has 0 saturated carbocycles. The first-order valence-corrected chi connectivity index (χ1v) is 6.14. The molecule has 1 rings (SSSR count). The van der Waals surface area contributed by atoms with Crippen molar-refractivity contribution >= 4 is 0 Å². The maximum atomic E-state index is 6.26. The van der Waals surface area contributed by atoms with Crippen molar-refractivity contribution in [1.29, 1.82) is 0 Å². The number of hydrogen-bond acceptors (Lipinski definition) is 2. The Morgan fingerprint density at radius 1 is 1.25 bits per heavy atom. The van der Waals surface area contributed by atoms with Crippen LogP contribution in [0.5, 0.6) is 0 Å². The molecular weight excluding hydrogens is 196 g/mol. The summed E-state index contributed by atoms with van der Waals surface area (Å²) in [6.07, 6.45) is 1.20. The summed E-state index contributed by atoms with van der Waals surface area (Å²) in [6.45, 7) is 6.64. The summed E-state index contributed by atoms with van der Waals surface area (Å²) in [5.41, 5.74) is 7.49. The van der Waals surface area contributed by atoms with Crippen molar-refractivity contribution in [2.45, 2.75) is 26.3 Å². The predicted molar refractivity (Wildman–Crippen MR) is 70.3 cm³/mol. The minimum atomic E-state index is 0.139. The molecule has 2 N–H and O–H groups in total. The van der Waals surface area contributed by atoms with Crippen LogP contribution in [0.1, 0.15) is 31.9 Å². The van der Waals surface area contributed by atoms with Gasteiger partial charge >= 0.3 is 0 Å². The van der Waals surface area contributed by atoms with E-state index in [0.717, 1.165) is 13.1 Å². The molecule has 0 saturated heterocycles. The minimum Gasteiger partial charge on any atom is -0.324 e. The Kier molecular flexibility index (Phi) is 5.50. The Hall–Kier alpha value is -0.860. The van der Waals surface area contributed by atoms with Gasteiger partial charge in [-0.3, -0.25) is 0 Å². The number of nitrogens with zero attached hydrogens (tertiary/aromatic N) is 1. The van der Waals surface area contributed by atoms with Crippen molar-refractivity contribution in [2.75, 3.05) is 20.1 Å². The van der Waals surface area contributed by atoms with Crippen LogP contribution in [-0.2, 0) is 0 Å². The maximum absolute atomic E-state index is 6.26. The zero-order chi connectivity index (χ0) is 12.0. The predicted octanol–water partition coefficient (Wildman–Crippen LogP) is 2.66. The standard InChI is InChI=1S/C14H24N2/c1-4-10-16(3)11-12(2)14(15)13-8-6-5-7-9-13/h5-9,12,14H,4,10-11,15H2,1-3H3. The lowest BCUT2D eigenvalue weighted by atomic mass is 9.95. The zero-order valence-corrected chi connectivity index (χ0v) is 10.7. The molecule has 90 valence electrons. The first-order chi connectivity index (χ1) is 7.65. The topological polar surface area (TPSA) is 29.3 Å². The lowest BCUT2D eigenvalue weighted by Crippen LogP contribution is -2.31. The molecule has 0 heterocycles. The molecule has 2 atom stereocenters. The maximum Gasteiger partial charge on any atom is 0.0333 e. The molecule has 16 heavy (non-hydrogen) atoms. The van der Waals surface area contributed by atoms with Gasteiger partial charge in [-0.15, -0.1) is 0 Å². The molecule has 0 radical (unpaired) electrons. The first kappa shape index (κ1) is 13.2. The second-order valence-electron chi connectivity index (χ2n) is 4.68. The molecule has 0 fully saturated rings. The van der Waals surface area contributed by atoms with Gasteiger partial charge in [0.1, 0.15) is 0 Å². The van der Waals surface area contributed by atoms with Crippen LogP contribution < -0.4 is 5.73 Å². The summed E-state index contributed by atoms with van der Waals surface area (Å²) in [7, 11) is 2.16. The summed E-state index contributed by atoms with van der Waals surface area (Å²) < 4.78 is 0. The van der Waals surface area contributed by atoms with Crippen LogP contribution in [0.2, 0.25) is 0 Å². The lowest BCUT2D eigenvalue weighted by molar-refractivity contribution is 0.265. The van der Waals surface area contributed by atoms with Crippen molar-refractivity contribution in [2.24, 2.45) is 11.7 Å². The third-order valence-electron chi connectivity index (χ3n) is 3.00. The molecule has 0 spiro atoms. The number of hydrogen-bond donors (Lipinski definition) is 1. The Labute approximate surface area is 99.5 Å². The van der Waals surface area contributed by atoms with E-state index in [-0.39, 0.29) is 6.04 Å². The smallest absolute Gasteiger partial charge is 0.0333 e. The number of rotatable bonds is 6. The molecule has 0 aliphatic rings. The van der Waals surface area contributed by atoms with Gasteiger partial charge in [0.15, 0.2) is 0 Å². The van der Waals surface area contributed by atoms with E-state index >= 15 is 0 Å². The molecule has 2 unspecified atom stereocenters. The Bertz CT molecular complexity index is 284. The monoisotopic (exact) mass is 220 g/mol. The van der Waals surface area contributed by atoms with Crippen molar-refractivity contribution < 1.29 is 0 Å². The van der Waals surface area contributed by atoms with Gasteiger partial charge in [-0.1, -0.05) is 44.2 Å². The van der Waals surface area contributed by atoms with E-state index in [9.17, 15) is 0 Å². The molecule has 0 bridgehead atoms. The third-order valence-corrected chi connectivity index (χ3v) is 3.00. The highest BCUT2D eigenvalue weighted by molar-refractivity contribution is 5.19. The second kappa shape index (κ2) is 6.66. The van der Waals surface area contributed by atoms with Crippen molar-refractivity contribution in [3.05, 3.63) is 35.9 Å². The Morgan fingerprint density at radius 2 is 1.88 bits per heavy atom. The van der Waals surface area contributed by atoms with Gasteiger partial charge < -0.3 is 10.6 Å². The molecule has 0 aromatic heterocycles. The molecule has 2 nitrogen and oxygen atoms in total. The van der Waals surface area contributed by atoms with Crippen molar-refractivity contribution in [3.63, 3.8) is 0 Å². The summed E-state index contributed by atoms with van der Waals surface area (Å²) in [5, 5.41) is 0. The van der Waals surface area contributed by atoms with Gasteiger partial charge in [0.25, 0.3) is 0 Å². The molecule has 0 aliphatic carbocycles. The van der Waals surface area contributed by atoms with Gasteiger partial charge in [0.2, 0.25) is 0 Å². The second-order valence-corrected chi connectivity index (χ2v) is 4.68. The Morgan fingerprint density at radius 3 is 2.44 bits per heavy atom. The number of benzene rings is 1. The van der Waals surface area contributed by atoms with Gasteiger partial charge in [0.05, 0.1) is 0 Å². The highest BCUT2D eigenvalue weighted by atomic mass is 15.1. The van der Waals surface area contributed by atoms with Crippen LogP contribution in [0.3, 0.4) is 0 Å².